The zero-order valence-corrected chi connectivity index (χ0v) is 52.5. The molecule has 2 saturated carbocycles. The summed E-state index contributed by atoms with van der Waals surface area (Å²) < 4.78 is 57.4. The molecule has 0 radical (unpaired) electrons. The van der Waals surface area contributed by atoms with Gasteiger partial charge in [0.05, 0.1) is 36.2 Å². The smallest absolute Gasteiger partial charge is 0.479 e. The van der Waals surface area contributed by atoms with Crippen molar-refractivity contribution in [1.29, 1.82) is 0 Å². The number of ether oxygens (including phenoxy) is 10. The predicted octanol–water partition coefficient (Wildman–Crippen LogP) is 3.61. The number of nitrogens with zero attached hydrogens (tertiary/aromatic N) is 1. The maximum atomic E-state index is 15.9. The lowest BCUT2D eigenvalue weighted by molar-refractivity contribution is -0.346. The zero-order valence-electron chi connectivity index (χ0n) is 52.5. The van der Waals surface area contributed by atoms with E-state index in [-0.39, 0.29) is 53.1 Å². The molecular formula is C66H73N3O26. The van der Waals surface area contributed by atoms with Gasteiger partial charge in [0.15, 0.2) is 23.6 Å². The summed E-state index contributed by atoms with van der Waals surface area (Å²) in [6.07, 6.45) is -25.4. The van der Waals surface area contributed by atoms with Crippen molar-refractivity contribution in [3.8, 4) is 0 Å². The first-order valence-corrected chi connectivity index (χ1v) is 30.1. The third-order valence-corrected chi connectivity index (χ3v) is 18.2. The first kappa shape index (κ1) is 70.0. The van der Waals surface area contributed by atoms with Crippen LogP contribution in [0.3, 0.4) is 0 Å². The number of fused-ring (bicyclic) bond motifs is 5. The predicted molar refractivity (Wildman–Crippen MR) is 322 cm³/mol. The molecule has 16 atom stereocenters. The van der Waals surface area contributed by atoms with Crippen LogP contribution in [0.25, 0.3) is 0 Å². The summed E-state index contributed by atoms with van der Waals surface area (Å²) in [4.78, 5) is 139. The van der Waals surface area contributed by atoms with E-state index in [2.05, 4.69) is 10.6 Å². The van der Waals surface area contributed by atoms with Crippen LogP contribution in [-0.2, 0) is 77.9 Å². The second-order valence-corrected chi connectivity index (χ2v) is 24.5. The van der Waals surface area contributed by atoms with E-state index in [1.54, 1.807) is 54.6 Å². The monoisotopic (exact) mass is 1320 g/mol. The Bertz CT molecular complexity index is 3590. The van der Waals surface area contributed by atoms with Crippen LogP contribution in [0, 0.1) is 16.7 Å². The van der Waals surface area contributed by atoms with Gasteiger partial charge in [0.1, 0.15) is 61.5 Å². The molecule has 95 heavy (non-hydrogen) atoms. The van der Waals surface area contributed by atoms with Crippen LogP contribution >= 0.6 is 0 Å². The minimum atomic E-state index is -2.58. The molecule has 9 rings (SSSR count). The molecule has 2 saturated heterocycles. The van der Waals surface area contributed by atoms with Gasteiger partial charge in [-0.15, -0.1) is 0 Å². The molecule has 2 aliphatic heterocycles. The first-order valence-electron chi connectivity index (χ1n) is 30.1. The van der Waals surface area contributed by atoms with E-state index in [1.807, 2.05) is 0 Å². The van der Waals surface area contributed by atoms with E-state index in [9.17, 15) is 69.0 Å². The number of ketones is 1. The van der Waals surface area contributed by atoms with Gasteiger partial charge in [-0.2, -0.15) is 0 Å². The summed E-state index contributed by atoms with van der Waals surface area (Å²) in [5.41, 5.74) is -7.79. The number of carbonyl (C=O) groups excluding carboxylic acids is 9. The molecule has 508 valence electrons. The fraction of sp³-hybridized carbons (Fsp3) is 0.455. The number of carbonyl (C=O) groups is 10. The minimum Gasteiger partial charge on any atom is -0.479 e. The van der Waals surface area contributed by atoms with E-state index in [0.717, 1.165) is 18.7 Å². The molecule has 2 heterocycles. The number of hydrogen-bond acceptors (Lipinski definition) is 25. The second kappa shape index (κ2) is 28.3. The Morgan fingerprint density at radius 3 is 1.96 bits per heavy atom. The Morgan fingerprint density at radius 1 is 0.747 bits per heavy atom. The lowest BCUT2D eigenvalue weighted by atomic mass is 9.44. The molecule has 29 heteroatoms. The maximum absolute atomic E-state index is 15.9. The molecule has 2 bridgehead atoms. The SMILES string of the molecule is CC(=O)O[C@H]1C(=O)[C@@]2(C)[C@H]([C@H](OC(=O)c3ccccc3)[C@]3(O)C[C@H](OC(=O)[C@H](OC(=O)OCCN(C)C(=O)OCc4ccc(NC(=O)O[C@@H]5O[C@H](C(=O)O)[C@@H](O)[C@H](O)[C@H]5O)cc4)[C@@H](NC(=O)c4ccccc4)c4ccccc4)C(C)=C1C3(C)C)[C@]1(OC(C)=O)CO[C@@H]1C[C@@H]2O. The van der Waals surface area contributed by atoms with Crippen LogP contribution in [0.2, 0.25) is 0 Å². The zero-order chi connectivity index (χ0) is 69.1. The summed E-state index contributed by atoms with van der Waals surface area (Å²) >= 11 is 0. The van der Waals surface area contributed by atoms with Gasteiger partial charge in [-0.3, -0.25) is 24.5 Å². The van der Waals surface area contributed by atoms with Crippen molar-refractivity contribution in [2.75, 3.05) is 32.1 Å². The third-order valence-electron chi connectivity index (χ3n) is 18.2. The summed E-state index contributed by atoms with van der Waals surface area (Å²) in [5, 5.41) is 70.9. The number of aliphatic hydroxyl groups excluding tert-OH is 4. The van der Waals surface area contributed by atoms with Gasteiger partial charge in [-0.05, 0) is 72.5 Å². The molecule has 4 aromatic carbocycles. The summed E-state index contributed by atoms with van der Waals surface area (Å²) in [7, 11) is 1.31. The number of carboxylic acid groups (broad SMARTS) is 1. The maximum Gasteiger partial charge on any atom is 0.509 e. The average molecular weight is 1320 g/mol. The lowest BCUT2D eigenvalue weighted by Crippen LogP contribution is -2.82. The summed E-state index contributed by atoms with van der Waals surface area (Å²) in [6.45, 7) is 6.24. The lowest BCUT2D eigenvalue weighted by Gasteiger charge is -2.67. The normalized spacial score (nSPS) is 29.4. The van der Waals surface area contributed by atoms with E-state index in [1.165, 1.54) is 95.4 Å². The van der Waals surface area contributed by atoms with Gasteiger partial charge in [-0.25, -0.2) is 28.8 Å². The molecule has 3 amide bonds. The number of esters is 4. The molecule has 3 aliphatic carbocycles. The molecule has 0 spiro atoms. The molecule has 0 aromatic heterocycles. The van der Waals surface area contributed by atoms with Gasteiger partial charge in [-0.1, -0.05) is 92.7 Å². The van der Waals surface area contributed by atoms with Crippen molar-refractivity contribution in [2.45, 2.75) is 146 Å². The quantitative estimate of drug-likeness (QED) is 0.0377. The Balaban J connectivity index is 0.977. The molecule has 4 aromatic rings. The van der Waals surface area contributed by atoms with Crippen LogP contribution in [0.1, 0.15) is 92.3 Å². The number of aliphatic carboxylic acids is 1. The van der Waals surface area contributed by atoms with Crippen molar-refractivity contribution >= 4 is 65.6 Å². The van der Waals surface area contributed by atoms with Gasteiger partial charge in [0.25, 0.3) is 5.91 Å². The number of rotatable bonds is 19. The number of amides is 3. The number of carboxylic acids is 1. The van der Waals surface area contributed by atoms with Crippen molar-refractivity contribution in [1.82, 2.24) is 10.2 Å². The fourth-order valence-corrected chi connectivity index (χ4v) is 13.1. The van der Waals surface area contributed by atoms with Crippen LogP contribution in [0.4, 0.5) is 20.1 Å². The molecule has 4 fully saturated rings. The number of Topliss-reactive ketones (excluding diaryl/α,β-unsaturated/α-hetero) is 1. The fourth-order valence-electron chi connectivity index (χ4n) is 13.1. The topological polar surface area (TPSA) is 412 Å². The number of nitrogens with one attached hydrogen (secondary N) is 2. The van der Waals surface area contributed by atoms with E-state index >= 15 is 9.59 Å². The van der Waals surface area contributed by atoms with Gasteiger partial charge >= 0.3 is 48.2 Å². The van der Waals surface area contributed by atoms with Gasteiger partial charge in [0.2, 0.25) is 12.4 Å². The van der Waals surface area contributed by atoms with E-state index in [4.69, 9.17) is 47.4 Å². The number of anilines is 1. The van der Waals surface area contributed by atoms with Gasteiger partial charge < -0.3 is 88.2 Å². The average Bonchev–Trinajstić information content (AvgIpc) is 0.670. The molecular weight excluding hydrogens is 1250 g/mol. The number of hydrogen-bond donors (Lipinski definition) is 8. The highest BCUT2D eigenvalue weighted by Crippen LogP contribution is 2.64. The molecule has 0 unspecified atom stereocenters. The standard InChI is InChI=1S/C66H73N3O26/c1-33-41(30-66(85)54(93-57(80)39-21-15-10-16-22-39)52-64(6,42(72)29-43-65(52,32-88-43)95-35(3)71)53(76)49(89-34(2)70)44(33)63(66,4)5)90-58(81)50(45(37-17-11-8-12-18-37)68-55(77)38-19-13-9-14-20-38)92-62(84)86-28-27-69(7)61(83)87-31-36-23-25-40(26-24-36)67-60(82)94-59-48(75)46(73)47(74)51(91-59)56(78)79/h8-26,41-43,45-52,54,59,72-75,85H,27-32H2,1-7H3,(H,67,82)(H,68,77)(H,78,79)/t41-,42-,43+,45-,46-,47-,48+,49+,50+,51-,52-,54-,59-,64+,65-,66+/m0/s1. The Kier molecular flexibility index (Phi) is 20.8. The third kappa shape index (κ3) is 14.1. The Labute approximate surface area is 543 Å². The van der Waals surface area contributed by atoms with Crippen molar-refractivity contribution in [3.05, 3.63) is 149 Å². The van der Waals surface area contributed by atoms with Crippen LogP contribution in [0.15, 0.2) is 126 Å². The largest absolute Gasteiger partial charge is 0.509 e. The highest BCUT2D eigenvalue weighted by Gasteiger charge is 2.78. The van der Waals surface area contributed by atoms with Crippen molar-refractivity contribution in [3.63, 3.8) is 0 Å². The Morgan fingerprint density at radius 2 is 1.37 bits per heavy atom. The van der Waals surface area contributed by atoms with Gasteiger partial charge in [0, 0.05) is 50.4 Å². The molecule has 29 nitrogen and oxygen atoms in total. The van der Waals surface area contributed by atoms with Crippen molar-refractivity contribution in [2.24, 2.45) is 16.7 Å². The summed E-state index contributed by atoms with van der Waals surface area (Å²) in [5.74, 6) is -9.35. The highest BCUT2D eigenvalue weighted by molar-refractivity contribution is 5.96. The number of aliphatic hydroxyl groups is 5. The molecule has 5 aliphatic rings. The van der Waals surface area contributed by atoms with E-state index < -0.39 is 181 Å². The first-order chi connectivity index (χ1) is 44.9. The van der Waals surface area contributed by atoms with Crippen LogP contribution < -0.4 is 10.6 Å². The summed E-state index contributed by atoms with van der Waals surface area (Å²) in [6, 6.07) is 27.2. The molecule has 8 N–H and O–H groups in total. The van der Waals surface area contributed by atoms with Crippen molar-refractivity contribution < 1.29 is 126 Å². The second-order valence-electron chi connectivity index (χ2n) is 24.5. The number of benzene rings is 4. The Hall–Kier alpha value is -9.36. The number of likely N-dealkylation sites (N-methyl/N-ethyl adjacent to an activating group) is 1. The minimum absolute atomic E-state index is 0.0151. The highest BCUT2D eigenvalue weighted by atomic mass is 16.7. The van der Waals surface area contributed by atoms with Crippen LogP contribution in [0.5, 0.6) is 0 Å². The van der Waals surface area contributed by atoms with Crippen LogP contribution in [-0.4, -0.2) is 201 Å². The van der Waals surface area contributed by atoms with E-state index in [0.29, 0.717) is 5.56 Å².